The minimum absolute atomic E-state index is 0.0230. The summed E-state index contributed by atoms with van der Waals surface area (Å²) in [6.45, 7) is 1.60. The highest BCUT2D eigenvalue weighted by atomic mass is 32.2. The molecule has 0 saturated carbocycles. The molecule has 4 nitrogen and oxygen atoms in total. The summed E-state index contributed by atoms with van der Waals surface area (Å²) >= 11 is 0. The van der Waals surface area contributed by atoms with Crippen LogP contribution in [-0.2, 0) is 10.0 Å². The molecule has 92 valence electrons. The van der Waals surface area contributed by atoms with Gasteiger partial charge in [-0.3, -0.25) is 4.72 Å². The van der Waals surface area contributed by atoms with Crippen LogP contribution < -0.4 is 4.72 Å². The van der Waals surface area contributed by atoms with Crippen molar-refractivity contribution in [2.75, 3.05) is 17.1 Å². The first-order chi connectivity index (χ1) is 8.07. The van der Waals surface area contributed by atoms with Gasteiger partial charge < -0.3 is 5.11 Å². The van der Waals surface area contributed by atoms with Crippen LogP contribution >= 0.6 is 0 Å². The van der Waals surface area contributed by atoms with E-state index < -0.39 is 10.0 Å². The van der Waals surface area contributed by atoms with Gasteiger partial charge in [0.15, 0.2) is 0 Å². The summed E-state index contributed by atoms with van der Waals surface area (Å²) in [7, 11) is -3.25. The molecule has 1 aromatic carbocycles. The molecule has 1 aromatic rings. The summed E-state index contributed by atoms with van der Waals surface area (Å²) in [5, 5.41) is 8.59. The molecule has 17 heavy (non-hydrogen) atoms. The first-order valence-electron chi connectivity index (χ1n) is 5.27. The smallest absolute Gasteiger partial charge is 0.232 e. The van der Waals surface area contributed by atoms with E-state index in [1.165, 1.54) is 0 Å². The van der Waals surface area contributed by atoms with E-state index in [1.54, 1.807) is 31.2 Å². The second-order valence-corrected chi connectivity index (χ2v) is 5.37. The van der Waals surface area contributed by atoms with Gasteiger partial charge in [-0.15, -0.1) is 0 Å². The monoisotopic (exact) mass is 253 g/mol. The van der Waals surface area contributed by atoms with Crippen LogP contribution in [-0.4, -0.2) is 25.9 Å². The largest absolute Gasteiger partial charge is 0.395 e. The Bertz CT molecular complexity index is 526. The van der Waals surface area contributed by atoms with Crippen molar-refractivity contribution in [3.63, 3.8) is 0 Å². The van der Waals surface area contributed by atoms with Crippen LogP contribution in [0.2, 0.25) is 0 Å². The van der Waals surface area contributed by atoms with E-state index in [4.69, 9.17) is 5.11 Å². The highest BCUT2D eigenvalue weighted by molar-refractivity contribution is 7.92. The van der Waals surface area contributed by atoms with Gasteiger partial charge in [0.2, 0.25) is 10.0 Å². The van der Waals surface area contributed by atoms with Gasteiger partial charge in [0, 0.05) is 17.7 Å². The Kier molecular flexibility index (Phi) is 5.01. The van der Waals surface area contributed by atoms with Crippen LogP contribution in [0, 0.1) is 11.8 Å². The number of aliphatic hydroxyl groups is 1. The van der Waals surface area contributed by atoms with Gasteiger partial charge in [-0.25, -0.2) is 8.42 Å². The molecule has 0 aliphatic heterocycles. The molecule has 5 heteroatoms. The lowest BCUT2D eigenvalue weighted by Gasteiger charge is -2.05. The van der Waals surface area contributed by atoms with E-state index in [0.717, 1.165) is 5.56 Å². The zero-order valence-corrected chi connectivity index (χ0v) is 10.4. The zero-order chi connectivity index (χ0) is 12.7. The van der Waals surface area contributed by atoms with E-state index in [1.807, 2.05) is 0 Å². The third-order valence-electron chi connectivity index (χ3n) is 1.99. The second-order valence-electron chi connectivity index (χ2n) is 3.36. The van der Waals surface area contributed by atoms with Crippen LogP contribution in [0.15, 0.2) is 24.3 Å². The predicted molar refractivity (Wildman–Crippen MR) is 68.1 cm³/mol. The molecule has 0 radical (unpaired) electrons. The normalized spacial score (nSPS) is 10.5. The van der Waals surface area contributed by atoms with Crippen LogP contribution in [0.3, 0.4) is 0 Å². The van der Waals surface area contributed by atoms with Gasteiger partial charge >= 0.3 is 0 Å². The lowest BCUT2D eigenvalue weighted by atomic mass is 10.2. The number of anilines is 1. The summed E-state index contributed by atoms with van der Waals surface area (Å²) in [5.74, 6) is 5.66. The van der Waals surface area contributed by atoms with E-state index in [9.17, 15) is 8.42 Å². The highest BCUT2D eigenvalue weighted by Crippen LogP contribution is 2.11. The Balaban J connectivity index is 2.84. The lowest BCUT2D eigenvalue weighted by molar-refractivity contribution is 0.305. The van der Waals surface area contributed by atoms with Gasteiger partial charge in [0.1, 0.15) is 0 Å². The SMILES string of the molecule is CCS(=O)(=O)Nc1cccc(C#CCCO)c1. The minimum atomic E-state index is -3.25. The van der Waals surface area contributed by atoms with Crippen LogP contribution in [0.5, 0.6) is 0 Å². The Labute approximate surface area is 102 Å². The molecule has 0 aliphatic rings. The van der Waals surface area contributed by atoms with Gasteiger partial charge in [-0.2, -0.15) is 0 Å². The van der Waals surface area contributed by atoms with Gasteiger partial charge in [0.05, 0.1) is 12.4 Å². The molecule has 0 bridgehead atoms. The predicted octanol–water partition coefficient (Wildman–Crippen LogP) is 1.18. The Morgan fingerprint density at radius 3 is 2.82 bits per heavy atom. The molecular formula is C12H15NO3S. The molecular weight excluding hydrogens is 238 g/mol. The zero-order valence-electron chi connectivity index (χ0n) is 9.60. The maximum atomic E-state index is 11.4. The maximum absolute atomic E-state index is 11.4. The number of hydrogen-bond donors (Lipinski definition) is 2. The Morgan fingerprint density at radius 2 is 2.18 bits per heavy atom. The summed E-state index contributed by atoms with van der Waals surface area (Å²) in [6, 6.07) is 6.85. The Hall–Kier alpha value is -1.51. The number of rotatable bonds is 4. The van der Waals surface area contributed by atoms with Crippen molar-refractivity contribution < 1.29 is 13.5 Å². The molecule has 0 unspecified atom stereocenters. The molecule has 0 spiro atoms. The first kappa shape index (κ1) is 13.6. The van der Waals surface area contributed by atoms with E-state index in [2.05, 4.69) is 16.6 Å². The van der Waals surface area contributed by atoms with Gasteiger partial charge in [0.25, 0.3) is 0 Å². The molecule has 0 amide bonds. The number of aliphatic hydroxyl groups excluding tert-OH is 1. The standard InChI is InChI=1S/C12H15NO3S/c1-2-17(15,16)13-12-8-5-7-11(10-12)6-3-4-9-14/h5,7-8,10,13-14H,2,4,9H2,1H3. The topological polar surface area (TPSA) is 66.4 Å². The number of hydrogen-bond acceptors (Lipinski definition) is 3. The van der Waals surface area contributed by atoms with Crippen LogP contribution in [0.25, 0.3) is 0 Å². The average molecular weight is 253 g/mol. The molecule has 0 heterocycles. The van der Waals surface area contributed by atoms with Crippen molar-refractivity contribution in [1.82, 2.24) is 0 Å². The van der Waals surface area contributed by atoms with E-state index in [0.29, 0.717) is 12.1 Å². The third-order valence-corrected chi connectivity index (χ3v) is 3.29. The average Bonchev–Trinajstić information content (AvgIpc) is 2.29. The molecule has 0 atom stereocenters. The fraction of sp³-hybridized carbons (Fsp3) is 0.333. The summed E-state index contributed by atoms with van der Waals surface area (Å²) in [6.07, 6.45) is 0.408. The van der Waals surface area contributed by atoms with Crippen molar-refractivity contribution in [1.29, 1.82) is 0 Å². The van der Waals surface area contributed by atoms with Gasteiger partial charge in [-0.1, -0.05) is 17.9 Å². The van der Waals surface area contributed by atoms with Crippen molar-refractivity contribution in [3.8, 4) is 11.8 Å². The number of sulfonamides is 1. The summed E-state index contributed by atoms with van der Waals surface area (Å²) in [4.78, 5) is 0. The summed E-state index contributed by atoms with van der Waals surface area (Å²) in [5.41, 5.74) is 1.22. The molecule has 0 saturated heterocycles. The molecule has 2 N–H and O–H groups in total. The summed E-state index contributed by atoms with van der Waals surface area (Å²) < 4.78 is 25.2. The van der Waals surface area contributed by atoms with Crippen LogP contribution in [0.4, 0.5) is 5.69 Å². The quantitative estimate of drug-likeness (QED) is 0.792. The third kappa shape index (κ3) is 4.89. The van der Waals surface area contributed by atoms with Gasteiger partial charge in [-0.05, 0) is 25.1 Å². The number of benzene rings is 1. The number of nitrogens with one attached hydrogen (secondary N) is 1. The van der Waals surface area contributed by atoms with Crippen molar-refractivity contribution in [2.24, 2.45) is 0 Å². The van der Waals surface area contributed by atoms with E-state index in [-0.39, 0.29) is 12.4 Å². The first-order valence-corrected chi connectivity index (χ1v) is 6.93. The fourth-order valence-corrected chi connectivity index (χ4v) is 1.76. The van der Waals surface area contributed by atoms with Crippen molar-refractivity contribution in [2.45, 2.75) is 13.3 Å². The maximum Gasteiger partial charge on any atom is 0.232 e. The van der Waals surface area contributed by atoms with Crippen LogP contribution in [0.1, 0.15) is 18.9 Å². The minimum Gasteiger partial charge on any atom is -0.395 e. The highest BCUT2D eigenvalue weighted by Gasteiger charge is 2.06. The molecule has 0 aromatic heterocycles. The molecule has 0 aliphatic carbocycles. The Morgan fingerprint density at radius 1 is 1.41 bits per heavy atom. The van der Waals surface area contributed by atoms with Crippen molar-refractivity contribution in [3.05, 3.63) is 29.8 Å². The van der Waals surface area contributed by atoms with E-state index >= 15 is 0 Å². The molecule has 1 rings (SSSR count). The fourth-order valence-electron chi connectivity index (χ4n) is 1.13. The molecule has 0 fully saturated rings. The lowest BCUT2D eigenvalue weighted by Crippen LogP contribution is -2.14. The van der Waals surface area contributed by atoms with Crippen molar-refractivity contribution >= 4 is 15.7 Å². The second kappa shape index (κ2) is 6.28.